The second kappa shape index (κ2) is 5.91. The molecular formula is C18H18N8. The van der Waals surface area contributed by atoms with Crippen LogP contribution in [0.4, 0.5) is 11.6 Å². The van der Waals surface area contributed by atoms with Gasteiger partial charge in [-0.1, -0.05) is 12.1 Å². The molecule has 0 amide bonds. The minimum absolute atomic E-state index is 0.738. The van der Waals surface area contributed by atoms with Crippen LogP contribution in [-0.4, -0.2) is 55.7 Å². The number of aryl methyl sites for hydroxylation is 1. The number of fused-ring (bicyclic) bond motifs is 2. The van der Waals surface area contributed by atoms with Crippen LogP contribution in [0.3, 0.4) is 0 Å². The van der Waals surface area contributed by atoms with E-state index in [4.69, 9.17) is 0 Å². The van der Waals surface area contributed by atoms with E-state index in [2.05, 4.69) is 40.8 Å². The molecule has 1 saturated heterocycles. The first-order chi connectivity index (χ1) is 12.8. The fourth-order valence-electron chi connectivity index (χ4n) is 3.57. The van der Waals surface area contributed by atoms with Gasteiger partial charge < -0.3 is 14.4 Å². The summed E-state index contributed by atoms with van der Waals surface area (Å²) < 4.78 is 1.98. The normalized spacial score (nSPS) is 15.1. The standard InChI is InChI=1S/C18H18N8/c1-24-12-23-16-15(24)18(22-11-20-16)26-8-6-25(7-9-26)17-13-4-2-3-5-14(13)19-10-21-17/h2-5,10-12H,6-9H2,1H3. The van der Waals surface area contributed by atoms with E-state index < -0.39 is 0 Å². The van der Waals surface area contributed by atoms with Gasteiger partial charge in [-0.05, 0) is 12.1 Å². The molecule has 1 aromatic carbocycles. The van der Waals surface area contributed by atoms with E-state index in [9.17, 15) is 0 Å². The highest BCUT2D eigenvalue weighted by Crippen LogP contribution is 2.26. The van der Waals surface area contributed by atoms with Crippen LogP contribution < -0.4 is 9.80 Å². The number of hydrogen-bond acceptors (Lipinski definition) is 7. The molecule has 5 rings (SSSR count). The van der Waals surface area contributed by atoms with E-state index in [1.54, 1.807) is 19.0 Å². The molecule has 8 heteroatoms. The highest BCUT2D eigenvalue weighted by atomic mass is 15.3. The van der Waals surface area contributed by atoms with Gasteiger partial charge in [-0.15, -0.1) is 0 Å². The van der Waals surface area contributed by atoms with Gasteiger partial charge in [0, 0.05) is 38.6 Å². The number of para-hydroxylation sites is 1. The SMILES string of the molecule is Cn1cnc2ncnc(N3CCN(c4ncnc5ccccc45)CC3)c21. The Labute approximate surface area is 150 Å². The lowest BCUT2D eigenvalue weighted by atomic mass is 10.2. The number of anilines is 2. The van der Waals surface area contributed by atoms with Gasteiger partial charge in [-0.25, -0.2) is 24.9 Å². The van der Waals surface area contributed by atoms with Crippen molar-refractivity contribution in [2.75, 3.05) is 36.0 Å². The molecule has 0 bridgehead atoms. The molecule has 0 spiro atoms. The maximum atomic E-state index is 4.54. The van der Waals surface area contributed by atoms with Crippen LogP contribution >= 0.6 is 0 Å². The second-order valence-electron chi connectivity index (χ2n) is 6.41. The summed E-state index contributed by atoms with van der Waals surface area (Å²) in [5.74, 6) is 1.95. The van der Waals surface area contributed by atoms with E-state index in [1.165, 1.54) is 0 Å². The molecule has 1 aliphatic rings. The van der Waals surface area contributed by atoms with Crippen molar-refractivity contribution in [2.24, 2.45) is 7.05 Å². The molecule has 0 aliphatic carbocycles. The maximum Gasteiger partial charge on any atom is 0.182 e. The Morgan fingerprint density at radius 2 is 1.46 bits per heavy atom. The average Bonchev–Trinajstić information content (AvgIpc) is 3.09. The first-order valence-electron chi connectivity index (χ1n) is 8.63. The summed E-state index contributed by atoms with van der Waals surface area (Å²) in [6, 6.07) is 8.15. The summed E-state index contributed by atoms with van der Waals surface area (Å²) in [5.41, 5.74) is 2.70. The third kappa shape index (κ3) is 2.33. The minimum atomic E-state index is 0.738. The fraction of sp³-hybridized carbons (Fsp3) is 0.278. The average molecular weight is 346 g/mol. The lowest BCUT2D eigenvalue weighted by molar-refractivity contribution is 0.643. The van der Waals surface area contributed by atoms with Crippen molar-refractivity contribution in [3.05, 3.63) is 43.2 Å². The first-order valence-corrected chi connectivity index (χ1v) is 8.63. The van der Waals surface area contributed by atoms with Crippen molar-refractivity contribution in [1.82, 2.24) is 29.5 Å². The monoisotopic (exact) mass is 346 g/mol. The summed E-state index contributed by atoms with van der Waals surface area (Å²) >= 11 is 0. The summed E-state index contributed by atoms with van der Waals surface area (Å²) in [6.07, 6.45) is 5.02. The van der Waals surface area contributed by atoms with Gasteiger partial charge in [0.05, 0.1) is 11.8 Å². The van der Waals surface area contributed by atoms with E-state index >= 15 is 0 Å². The Morgan fingerprint density at radius 3 is 2.31 bits per heavy atom. The van der Waals surface area contributed by atoms with Crippen LogP contribution in [0.5, 0.6) is 0 Å². The fourth-order valence-corrected chi connectivity index (χ4v) is 3.57. The summed E-state index contributed by atoms with van der Waals surface area (Å²) in [4.78, 5) is 26.6. The van der Waals surface area contributed by atoms with Crippen molar-refractivity contribution in [2.45, 2.75) is 0 Å². The summed E-state index contributed by atoms with van der Waals surface area (Å²) in [5, 5.41) is 1.10. The number of aromatic nitrogens is 6. The Balaban J connectivity index is 1.43. The van der Waals surface area contributed by atoms with Gasteiger partial charge in [-0.2, -0.15) is 0 Å². The molecule has 26 heavy (non-hydrogen) atoms. The molecule has 0 unspecified atom stereocenters. The molecule has 1 aliphatic heterocycles. The number of nitrogens with zero attached hydrogens (tertiary/aromatic N) is 8. The lowest BCUT2D eigenvalue weighted by Crippen LogP contribution is -2.47. The number of rotatable bonds is 2. The third-order valence-electron chi connectivity index (χ3n) is 4.89. The Bertz CT molecular complexity index is 1080. The molecule has 8 nitrogen and oxygen atoms in total. The van der Waals surface area contributed by atoms with Crippen LogP contribution in [0.25, 0.3) is 22.1 Å². The van der Waals surface area contributed by atoms with Crippen molar-refractivity contribution in [1.29, 1.82) is 0 Å². The van der Waals surface area contributed by atoms with Crippen molar-refractivity contribution in [3.63, 3.8) is 0 Å². The summed E-state index contributed by atoms with van der Waals surface area (Å²) in [7, 11) is 1.98. The topological polar surface area (TPSA) is 75.9 Å². The van der Waals surface area contributed by atoms with Gasteiger partial charge in [0.1, 0.15) is 24.0 Å². The predicted octanol–water partition coefficient (Wildman–Crippen LogP) is 1.63. The molecule has 4 heterocycles. The van der Waals surface area contributed by atoms with Gasteiger partial charge in [0.15, 0.2) is 11.5 Å². The van der Waals surface area contributed by atoms with E-state index in [0.29, 0.717) is 0 Å². The smallest absolute Gasteiger partial charge is 0.182 e. The molecule has 0 saturated carbocycles. The van der Waals surface area contributed by atoms with Crippen LogP contribution in [-0.2, 0) is 7.05 Å². The second-order valence-corrected chi connectivity index (χ2v) is 6.41. The van der Waals surface area contributed by atoms with E-state index in [1.807, 2.05) is 29.8 Å². The minimum Gasteiger partial charge on any atom is -0.352 e. The Kier molecular flexibility index (Phi) is 3.41. The van der Waals surface area contributed by atoms with Crippen molar-refractivity contribution >= 4 is 33.7 Å². The molecular weight excluding hydrogens is 328 g/mol. The summed E-state index contributed by atoms with van der Waals surface area (Å²) in [6.45, 7) is 3.50. The predicted molar refractivity (Wildman–Crippen MR) is 100 cm³/mol. The van der Waals surface area contributed by atoms with Crippen molar-refractivity contribution < 1.29 is 0 Å². The van der Waals surface area contributed by atoms with Crippen LogP contribution in [0, 0.1) is 0 Å². The largest absolute Gasteiger partial charge is 0.352 e. The van der Waals surface area contributed by atoms with E-state index in [0.717, 1.165) is 59.9 Å². The molecule has 4 aromatic rings. The Hall–Kier alpha value is -3.29. The number of imidazole rings is 1. The zero-order chi connectivity index (χ0) is 17.5. The van der Waals surface area contributed by atoms with Crippen molar-refractivity contribution in [3.8, 4) is 0 Å². The molecule has 3 aromatic heterocycles. The van der Waals surface area contributed by atoms with Gasteiger partial charge in [0.2, 0.25) is 0 Å². The van der Waals surface area contributed by atoms with Gasteiger partial charge >= 0.3 is 0 Å². The zero-order valence-corrected chi connectivity index (χ0v) is 14.4. The van der Waals surface area contributed by atoms with E-state index in [-0.39, 0.29) is 0 Å². The van der Waals surface area contributed by atoms with Gasteiger partial charge in [0.25, 0.3) is 0 Å². The number of benzene rings is 1. The zero-order valence-electron chi connectivity index (χ0n) is 14.4. The molecule has 130 valence electrons. The molecule has 0 atom stereocenters. The lowest BCUT2D eigenvalue weighted by Gasteiger charge is -2.36. The third-order valence-corrected chi connectivity index (χ3v) is 4.89. The molecule has 0 N–H and O–H groups in total. The maximum absolute atomic E-state index is 4.54. The highest BCUT2D eigenvalue weighted by molar-refractivity contribution is 5.89. The highest BCUT2D eigenvalue weighted by Gasteiger charge is 2.23. The number of piperazine rings is 1. The van der Waals surface area contributed by atoms with Crippen LogP contribution in [0.2, 0.25) is 0 Å². The number of hydrogen-bond donors (Lipinski definition) is 0. The quantitative estimate of drug-likeness (QED) is 0.546. The van der Waals surface area contributed by atoms with Gasteiger partial charge in [-0.3, -0.25) is 0 Å². The molecule has 0 radical (unpaired) electrons. The first kappa shape index (κ1) is 15.0. The Morgan fingerprint density at radius 1 is 0.769 bits per heavy atom. The van der Waals surface area contributed by atoms with Crippen LogP contribution in [0.1, 0.15) is 0 Å². The van der Waals surface area contributed by atoms with Crippen LogP contribution in [0.15, 0.2) is 43.2 Å². The molecule has 1 fully saturated rings.